The van der Waals surface area contributed by atoms with Gasteiger partial charge in [-0.15, -0.1) is 11.3 Å². The van der Waals surface area contributed by atoms with Gasteiger partial charge in [0, 0.05) is 12.3 Å². The summed E-state index contributed by atoms with van der Waals surface area (Å²) in [6, 6.07) is 10.4. The molecular weight excluding hydrogens is 356 g/mol. The number of carbonyl (C=O) groups excluding carboxylic acids is 3. The highest BCUT2D eigenvalue weighted by molar-refractivity contribution is 7.12. The zero-order chi connectivity index (χ0) is 19.1. The molecule has 2 rings (SSSR count). The Morgan fingerprint density at radius 2 is 1.62 bits per heavy atom. The summed E-state index contributed by atoms with van der Waals surface area (Å²) in [6.45, 7) is 0. The molecule has 1 aromatic heterocycles. The number of benzene rings is 1. The van der Waals surface area contributed by atoms with Crippen molar-refractivity contribution < 1.29 is 28.6 Å². The Morgan fingerprint density at radius 3 is 2.15 bits per heavy atom. The third-order valence-corrected chi connectivity index (χ3v) is 4.96. The lowest BCUT2D eigenvalue weighted by Gasteiger charge is -2.24. The summed E-state index contributed by atoms with van der Waals surface area (Å²) >= 11 is 1.31. The van der Waals surface area contributed by atoms with Crippen LogP contribution in [0.4, 0.5) is 0 Å². The Balaban J connectivity index is 2.50. The molecule has 0 fully saturated rings. The van der Waals surface area contributed by atoms with Gasteiger partial charge < -0.3 is 14.2 Å². The third-order valence-electron chi connectivity index (χ3n) is 4.05. The Hall–Kier alpha value is -2.67. The highest BCUT2D eigenvalue weighted by atomic mass is 32.1. The zero-order valence-electron chi connectivity index (χ0n) is 14.8. The fraction of sp³-hybridized carbons (Fsp3) is 0.316. The van der Waals surface area contributed by atoms with E-state index in [4.69, 9.17) is 14.2 Å². The fourth-order valence-corrected chi connectivity index (χ4v) is 3.47. The molecule has 2 aromatic rings. The van der Waals surface area contributed by atoms with E-state index in [1.807, 2.05) is 0 Å². The number of rotatable bonds is 8. The van der Waals surface area contributed by atoms with Crippen LogP contribution in [0.3, 0.4) is 0 Å². The second-order valence-electron chi connectivity index (χ2n) is 5.48. The third kappa shape index (κ3) is 4.29. The smallest absolute Gasteiger partial charge is 0.320 e. The van der Waals surface area contributed by atoms with Crippen molar-refractivity contribution in [2.45, 2.75) is 12.3 Å². The Morgan fingerprint density at radius 1 is 0.962 bits per heavy atom. The molecule has 0 N–H and O–H groups in total. The van der Waals surface area contributed by atoms with Crippen molar-refractivity contribution in [3.05, 3.63) is 52.2 Å². The summed E-state index contributed by atoms with van der Waals surface area (Å²) in [5, 5.41) is 1.80. The second-order valence-corrected chi connectivity index (χ2v) is 6.42. The van der Waals surface area contributed by atoms with E-state index in [1.54, 1.807) is 41.8 Å². The maximum atomic E-state index is 12.7. The number of hydrogen-bond donors (Lipinski definition) is 0. The molecule has 0 saturated heterocycles. The molecule has 6 nitrogen and oxygen atoms in total. The van der Waals surface area contributed by atoms with Gasteiger partial charge in [0.1, 0.15) is 5.75 Å². The lowest BCUT2D eigenvalue weighted by atomic mass is 9.81. The Labute approximate surface area is 155 Å². The van der Waals surface area contributed by atoms with Crippen molar-refractivity contribution in [1.82, 2.24) is 0 Å². The molecule has 1 heterocycles. The van der Waals surface area contributed by atoms with Crippen LogP contribution < -0.4 is 4.74 Å². The Bertz CT molecular complexity index is 752. The first-order valence-electron chi connectivity index (χ1n) is 7.88. The van der Waals surface area contributed by atoms with Crippen LogP contribution in [-0.4, -0.2) is 39.1 Å². The van der Waals surface area contributed by atoms with Gasteiger partial charge in [0.15, 0.2) is 11.7 Å². The number of ketones is 1. The van der Waals surface area contributed by atoms with E-state index < -0.39 is 23.8 Å². The first-order valence-corrected chi connectivity index (χ1v) is 8.76. The van der Waals surface area contributed by atoms with Crippen molar-refractivity contribution in [3.63, 3.8) is 0 Å². The van der Waals surface area contributed by atoms with Gasteiger partial charge in [0.05, 0.1) is 26.2 Å². The molecule has 0 bridgehead atoms. The highest BCUT2D eigenvalue weighted by Gasteiger charge is 2.40. The predicted molar refractivity (Wildman–Crippen MR) is 96.5 cm³/mol. The van der Waals surface area contributed by atoms with E-state index in [2.05, 4.69) is 0 Å². The molecule has 7 heteroatoms. The first-order chi connectivity index (χ1) is 12.5. The lowest BCUT2D eigenvalue weighted by molar-refractivity contribution is -0.159. The zero-order valence-corrected chi connectivity index (χ0v) is 15.6. The van der Waals surface area contributed by atoms with E-state index in [1.165, 1.54) is 32.7 Å². The molecule has 0 amide bonds. The number of para-hydroxylation sites is 1. The van der Waals surface area contributed by atoms with Gasteiger partial charge in [-0.3, -0.25) is 14.4 Å². The van der Waals surface area contributed by atoms with E-state index in [0.29, 0.717) is 16.2 Å². The van der Waals surface area contributed by atoms with Crippen molar-refractivity contribution in [3.8, 4) is 5.75 Å². The van der Waals surface area contributed by atoms with Gasteiger partial charge in [-0.2, -0.15) is 0 Å². The van der Waals surface area contributed by atoms with Crippen LogP contribution in [0.2, 0.25) is 0 Å². The summed E-state index contributed by atoms with van der Waals surface area (Å²) in [4.78, 5) is 37.9. The molecule has 138 valence electrons. The van der Waals surface area contributed by atoms with Gasteiger partial charge in [-0.05, 0) is 23.1 Å². The number of thiophene rings is 1. The van der Waals surface area contributed by atoms with E-state index >= 15 is 0 Å². The Kier molecular flexibility index (Phi) is 6.91. The average Bonchev–Trinajstić information content (AvgIpc) is 3.21. The van der Waals surface area contributed by atoms with Crippen molar-refractivity contribution in [2.75, 3.05) is 21.3 Å². The average molecular weight is 376 g/mol. The van der Waals surface area contributed by atoms with Crippen LogP contribution in [0, 0.1) is 5.92 Å². The molecule has 0 aliphatic heterocycles. The number of carbonyl (C=O) groups is 3. The van der Waals surface area contributed by atoms with Gasteiger partial charge in [-0.25, -0.2) is 0 Å². The molecule has 0 aliphatic carbocycles. The maximum Gasteiger partial charge on any atom is 0.320 e. The summed E-state index contributed by atoms with van der Waals surface area (Å²) in [7, 11) is 3.87. The van der Waals surface area contributed by atoms with Crippen molar-refractivity contribution in [2.24, 2.45) is 5.92 Å². The molecule has 0 unspecified atom stereocenters. The summed E-state index contributed by atoms with van der Waals surface area (Å²) < 4.78 is 15.0. The number of esters is 2. The van der Waals surface area contributed by atoms with Crippen LogP contribution in [-0.2, 0) is 19.1 Å². The number of Topliss-reactive ketones (excluding diaryl/α,β-unsaturated/α-hetero) is 1. The number of hydrogen-bond acceptors (Lipinski definition) is 7. The minimum absolute atomic E-state index is 0.0598. The highest BCUT2D eigenvalue weighted by Crippen LogP contribution is 2.37. The second kappa shape index (κ2) is 9.15. The predicted octanol–water partition coefficient (Wildman–Crippen LogP) is 3.08. The van der Waals surface area contributed by atoms with Crippen LogP contribution in [0.25, 0.3) is 0 Å². The normalized spacial score (nSPS) is 11.7. The van der Waals surface area contributed by atoms with Crippen LogP contribution in [0.1, 0.15) is 27.6 Å². The quantitative estimate of drug-likeness (QED) is 0.400. The molecule has 1 aromatic carbocycles. The molecule has 1 atom stereocenters. The maximum absolute atomic E-state index is 12.7. The molecule has 0 spiro atoms. The largest absolute Gasteiger partial charge is 0.496 e. The minimum atomic E-state index is -1.27. The standard InChI is InChI=1S/C19H20O6S/c1-23-15-8-5-4-7-12(15)13(11-14(20)16-9-6-10-26-16)17(18(21)24-2)19(22)25-3/h4-10,13,17H,11H2,1-3H3/t13-/m1/s1. The van der Waals surface area contributed by atoms with Gasteiger partial charge in [0.2, 0.25) is 0 Å². The van der Waals surface area contributed by atoms with E-state index in [0.717, 1.165) is 0 Å². The topological polar surface area (TPSA) is 78.9 Å². The molecular formula is C19H20O6S. The fourth-order valence-electron chi connectivity index (χ4n) is 2.80. The minimum Gasteiger partial charge on any atom is -0.496 e. The summed E-state index contributed by atoms with van der Waals surface area (Å²) in [5.74, 6) is -3.26. The van der Waals surface area contributed by atoms with Crippen LogP contribution in [0.15, 0.2) is 41.8 Å². The molecule has 0 saturated carbocycles. The van der Waals surface area contributed by atoms with Gasteiger partial charge in [-0.1, -0.05) is 24.3 Å². The molecule has 0 radical (unpaired) electrons. The first kappa shape index (κ1) is 19.7. The van der Waals surface area contributed by atoms with Gasteiger partial charge >= 0.3 is 11.9 Å². The monoisotopic (exact) mass is 376 g/mol. The van der Waals surface area contributed by atoms with Crippen molar-refractivity contribution >= 4 is 29.1 Å². The van der Waals surface area contributed by atoms with E-state index in [-0.39, 0.29) is 12.2 Å². The number of ether oxygens (including phenoxy) is 3. The molecule has 0 aliphatic rings. The molecule has 26 heavy (non-hydrogen) atoms. The lowest BCUT2D eigenvalue weighted by Crippen LogP contribution is -2.33. The van der Waals surface area contributed by atoms with Crippen molar-refractivity contribution in [1.29, 1.82) is 0 Å². The van der Waals surface area contributed by atoms with Crippen LogP contribution >= 0.6 is 11.3 Å². The summed E-state index contributed by atoms with van der Waals surface area (Å²) in [5.41, 5.74) is 0.570. The van der Waals surface area contributed by atoms with Gasteiger partial charge in [0.25, 0.3) is 0 Å². The SMILES string of the molecule is COC(=O)C(C(=O)OC)[C@H](CC(=O)c1cccs1)c1ccccc1OC. The summed E-state index contributed by atoms with van der Waals surface area (Å²) in [6.07, 6.45) is -0.0598. The van der Waals surface area contributed by atoms with E-state index in [9.17, 15) is 14.4 Å². The van der Waals surface area contributed by atoms with Crippen LogP contribution in [0.5, 0.6) is 5.75 Å². The number of methoxy groups -OCH3 is 3.